The predicted molar refractivity (Wildman–Crippen MR) is 105 cm³/mol. The van der Waals surface area contributed by atoms with Crippen LogP contribution in [0.1, 0.15) is 22.8 Å². The summed E-state index contributed by atoms with van der Waals surface area (Å²) in [6, 6.07) is 16.4. The standard InChI is InChI=1S/C20H14N4.Ga/c1-2-14-10-16-5-6-18(23-16)12-20-8-7-19(24-20)11-17-4-3-15(22-17)9-13(1)21-14;/h1-12,21-22H;. The van der Waals surface area contributed by atoms with Gasteiger partial charge >= 0.3 is 0 Å². The van der Waals surface area contributed by atoms with Gasteiger partial charge in [0.2, 0.25) is 0 Å². The number of hydrogen-bond donors (Lipinski definition) is 2. The first-order valence-corrected chi connectivity index (χ1v) is 7.85. The molecule has 3 radical (unpaired) electrons. The van der Waals surface area contributed by atoms with Gasteiger partial charge in [0.05, 0.1) is 22.8 Å². The Hall–Kier alpha value is -2.76. The summed E-state index contributed by atoms with van der Waals surface area (Å²) in [6.07, 6.45) is 8.05. The third kappa shape index (κ3) is 3.24. The quantitative estimate of drug-likeness (QED) is 0.394. The SMILES string of the molecule is C1=Cc2cc3ccc(cc4ccc(cc5nc(cc1n2)C=C5)[nH]4)[nH]3.[Ga]. The number of nitrogens with one attached hydrogen (secondary N) is 2. The summed E-state index contributed by atoms with van der Waals surface area (Å²) in [5.74, 6) is 0. The van der Waals surface area contributed by atoms with Gasteiger partial charge in [-0.25, -0.2) is 9.97 Å². The molecule has 0 atom stereocenters. The van der Waals surface area contributed by atoms with E-state index in [0.29, 0.717) is 0 Å². The van der Waals surface area contributed by atoms with E-state index in [0.717, 1.165) is 44.8 Å². The van der Waals surface area contributed by atoms with E-state index in [2.05, 4.69) is 50.3 Å². The molecule has 0 aromatic carbocycles. The van der Waals surface area contributed by atoms with Crippen LogP contribution in [0.5, 0.6) is 0 Å². The fourth-order valence-electron chi connectivity index (χ4n) is 2.94. The number of rotatable bonds is 0. The minimum absolute atomic E-state index is 0. The Morgan fingerprint density at radius 3 is 1.28 bits per heavy atom. The minimum Gasteiger partial charge on any atom is -0.355 e. The molecule has 0 saturated carbocycles. The second-order valence-corrected chi connectivity index (χ2v) is 5.91. The van der Waals surface area contributed by atoms with Crippen molar-refractivity contribution in [2.75, 3.05) is 0 Å². The molecule has 0 unspecified atom stereocenters. The number of fused-ring (bicyclic) bond motifs is 8. The predicted octanol–water partition coefficient (Wildman–Crippen LogP) is 4.27. The molecule has 0 aliphatic carbocycles. The van der Waals surface area contributed by atoms with Gasteiger partial charge < -0.3 is 9.97 Å². The van der Waals surface area contributed by atoms with E-state index < -0.39 is 0 Å². The summed E-state index contributed by atoms with van der Waals surface area (Å²) in [7, 11) is 0. The molecule has 5 rings (SSSR count). The van der Waals surface area contributed by atoms with Gasteiger partial charge in [0, 0.05) is 41.9 Å². The van der Waals surface area contributed by atoms with E-state index in [1.807, 2.05) is 42.5 Å². The van der Waals surface area contributed by atoms with Crippen molar-refractivity contribution in [3.8, 4) is 0 Å². The first-order chi connectivity index (χ1) is 11.8. The number of aromatic amines is 2. The van der Waals surface area contributed by atoms with Crippen molar-refractivity contribution in [3.05, 3.63) is 71.3 Å². The van der Waals surface area contributed by atoms with Gasteiger partial charge in [-0.15, -0.1) is 0 Å². The average Bonchev–Trinajstić information content (AvgIpc) is 3.32. The maximum atomic E-state index is 4.62. The fraction of sp³-hybridized carbons (Fsp3) is 0. The van der Waals surface area contributed by atoms with Crippen LogP contribution in [0.3, 0.4) is 0 Å². The van der Waals surface area contributed by atoms with E-state index in [-0.39, 0.29) is 19.8 Å². The van der Waals surface area contributed by atoms with Crippen molar-refractivity contribution < 1.29 is 0 Å². The first-order valence-electron chi connectivity index (χ1n) is 7.85. The molecule has 2 aliphatic heterocycles. The molecule has 117 valence electrons. The molecule has 25 heavy (non-hydrogen) atoms. The number of H-pyrrole nitrogens is 2. The zero-order valence-corrected chi connectivity index (χ0v) is 15.8. The van der Waals surface area contributed by atoms with Gasteiger partial charge in [0.1, 0.15) is 0 Å². The molecular weight excluding hydrogens is 366 g/mol. The largest absolute Gasteiger partial charge is 0.355 e. The molecular formula is C20H14GaN4. The van der Waals surface area contributed by atoms with E-state index in [9.17, 15) is 0 Å². The van der Waals surface area contributed by atoms with E-state index in [4.69, 9.17) is 0 Å². The summed E-state index contributed by atoms with van der Waals surface area (Å²) < 4.78 is 0. The van der Waals surface area contributed by atoms with E-state index in [1.165, 1.54) is 0 Å². The van der Waals surface area contributed by atoms with Crippen LogP contribution in [0.25, 0.3) is 46.4 Å². The van der Waals surface area contributed by atoms with E-state index in [1.54, 1.807) is 0 Å². The second-order valence-electron chi connectivity index (χ2n) is 5.91. The molecule has 0 saturated heterocycles. The van der Waals surface area contributed by atoms with E-state index >= 15 is 0 Å². The Kier molecular flexibility index (Phi) is 3.95. The molecule has 5 heteroatoms. The zero-order valence-electron chi connectivity index (χ0n) is 13.4. The van der Waals surface area contributed by atoms with Crippen LogP contribution in [0.4, 0.5) is 0 Å². The third-order valence-corrected chi connectivity index (χ3v) is 4.04. The van der Waals surface area contributed by atoms with Crippen molar-refractivity contribution in [3.63, 3.8) is 0 Å². The van der Waals surface area contributed by atoms with Crippen molar-refractivity contribution >= 4 is 66.2 Å². The molecule has 5 heterocycles. The Balaban J connectivity index is 0.00000157. The van der Waals surface area contributed by atoms with Crippen LogP contribution in [0.15, 0.2) is 48.5 Å². The average molecular weight is 380 g/mol. The maximum absolute atomic E-state index is 4.62. The maximum Gasteiger partial charge on any atom is 0.0659 e. The normalized spacial score (nSPS) is 12.2. The van der Waals surface area contributed by atoms with Crippen molar-refractivity contribution in [1.82, 2.24) is 19.9 Å². The van der Waals surface area contributed by atoms with Gasteiger partial charge in [-0.3, -0.25) is 0 Å². The third-order valence-electron chi connectivity index (χ3n) is 4.04. The molecule has 0 amide bonds. The molecule has 0 fully saturated rings. The summed E-state index contributed by atoms with van der Waals surface area (Å²) in [5, 5.41) is 0. The second kappa shape index (κ2) is 6.27. The smallest absolute Gasteiger partial charge is 0.0659 e. The van der Waals surface area contributed by atoms with Crippen molar-refractivity contribution in [1.29, 1.82) is 0 Å². The van der Waals surface area contributed by atoms with Crippen LogP contribution < -0.4 is 0 Å². The number of aromatic nitrogens is 4. The zero-order chi connectivity index (χ0) is 15.9. The molecule has 8 bridgehead atoms. The molecule has 0 spiro atoms. The van der Waals surface area contributed by atoms with Gasteiger partial charge in [-0.05, 0) is 72.8 Å². The summed E-state index contributed by atoms with van der Waals surface area (Å²) in [6.45, 7) is 0. The molecule has 4 nitrogen and oxygen atoms in total. The van der Waals surface area contributed by atoms with Crippen molar-refractivity contribution in [2.24, 2.45) is 0 Å². The monoisotopic (exact) mass is 379 g/mol. The van der Waals surface area contributed by atoms with Crippen molar-refractivity contribution in [2.45, 2.75) is 0 Å². The van der Waals surface area contributed by atoms with Crippen LogP contribution in [-0.4, -0.2) is 39.7 Å². The first kappa shape index (κ1) is 15.7. The van der Waals surface area contributed by atoms with Gasteiger partial charge in [0.25, 0.3) is 0 Å². The topological polar surface area (TPSA) is 57.4 Å². The van der Waals surface area contributed by atoms with Gasteiger partial charge in [-0.2, -0.15) is 0 Å². The van der Waals surface area contributed by atoms with Crippen LogP contribution in [0, 0.1) is 0 Å². The number of hydrogen-bond acceptors (Lipinski definition) is 2. The fourth-order valence-corrected chi connectivity index (χ4v) is 2.94. The van der Waals surface area contributed by atoms with Gasteiger partial charge in [-0.1, -0.05) is 0 Å². The Morgan fingerprint density at radius 1 is 0.480 bits per heavy atom. The Bertz CT molecular complexity index is 1080. The molecule has 2 N–H and O–H groups in total. The van der Waals surface area contributed by atoms with Crippen LogP contribution in [0.2, 0.25) is 0 Å². The van der Waals surface area contributed by atoms with Crippen LogP contribution >= 0.6 is 0 Å². The molecule has 2 aliphatic rings. The minimum atomic E-state index is 0. The Labute approximate surface area is 157 Å². The summed E-state index contributed by atoms with van der Waals surface area (Å²) >= 11 is 0. The molecule has 3 aromatic rings. The summed E-state index contributed by atoms with van der Waals surface area (Å²) in [4.78, 5) is 16.0. The molecule has 3 aromatic heterocycles. The summed E-state index contributed by atoms with van der Waals surface area (Å²) in [5.41, 5.74) is 7.86. The van der Waals surface area contributed by atoms with Gasteiger partial charge in [0.15, 0.2) is 0 Å². The Morgan fingerprint density at radius 2 is 0.840 bits per heavy atom. The number of nitrogens with zero attached hydrogens (tertiary/aromatic N) is 2. The van der Waals surface area contributed by atoms with Crippen LogP contribution in [-0.2, 0) is 0 Å².